The van der Waals surface area contributed by atoms with Gasteiger partial charge in [-0.05, 0) is 37.3 Å². The van der Waals surface area contributed by atoms with E-state index in [0.717, 1.165) is 5.56 Å². The molecule has 3 aromatic rings. The van der Waals surface area contributed by atoms with Gasteiger partial charge in [-0.15, -0.1) is 0 Å². The summed E-state index contributed by atoms with van der Waals surface area (Å²) in [7, 11) is 0. The van der Waals surface area contributed by atoms with Crippen molar-refractivity contribution in [2.24, 2.45) is 0 Å². The summed E-state index contributed by atoms with van der Waals surface area (Å²) in [5.74, 6) is -0.603. The Morgan fingerprint density at radius 2 is 1.96 bits per heavy atom. The van der Waals surface area contributed by atoms with Crippen molar-refractivity contribution in [3.8, 4) is 17.0 Å². The highest BCUT2D eigenvalue weighted by atomic mass is 16.6. The lowest BCUT2D eigenvalue weighted by molar-refractivity contribution is -0.385. The number of fused-ring (bicyclic) bond motifs is 1. The second-order valence-electron chi connectivity index (χ2n) is 5.16. The van der Waals surface area contributed by atoms with Crippen LogP contribution in [0.25, 0.3) is 16.9 Å². The minimum atomic E-state index is -1.04. The number of hydrogen-bond donors (Lipinski definition) is 1. The summed E-state index contributed by atoms with van der Waals surface area (Å²) in [5, 5.41) is 19.6. The molecule has 0 amide bonds. The van der Waals surface area contributed by atoms with Crippen LogP contribution in [0.3, 0.4) is 0 Å². The lowest BCUT2D eigenvalue weighted by Crippen LogP contribution is -2.22. The van der Waals surface area contributed by atoms with Gasteiger partial charge in [0.05, 0.1) is 16.8 Å². The van der Waals surface area contributed by atoms with E-state index in [-0.39, 0.29) is 5.69 Å². The van der Waals surface area contributed by atoms with Gasteiger partial charge in [0.25, 0.3) is 5.69 Å². The van der Waals surface area contributed by atoms with Crippen molar-refractivity contribution in [3.63, 3.8) is 0 Å². The van der Waals surface area contributed by atoms with Crippen LogP contribution in [0.2, 0.25) is 0 Å². The number of nitro groups is 1. The Morgan fingerprint density at radius 1 is 1.25 bits per heavy atom. The van der Waals surface area contributed by atoms with Crippen LogP contribution in [0.4, 0.5) is 5.69 Å². The highest BCUT2D eigenvalue weighted by Crippen LogP contribution is 2.24. The first-order valence-corrected chi connectivity index (χ1v) is 7.07. The van der Waals surface area contributed by atoms with Crippen LogP contribution in [-0.2, 0) is 4.79 Å². The Morgan fingerprint density at radius 3 is 2.58 bits per heavy atom. The van der Waals surface area contributed by atoms with Crippen LogP contribution in [0.15, 0.2) is 48.8 Å². The van der Waals surface area contributed by atoms with E-state index in [4.69, 9.17) is 9.84 Å². The van der Waals surface area contributed by atoms with Crippen LogP contribution < -0.4 is 4.74 Å². The highest BCUT2D eigenvalue weighted by molar-refractivity contribution is 5.72. The maximum Gasteiger partial charge on any atom is 0.344 e. The van der Waals surface area contributed by atoms with Gasteiger partial charge in [-0.25, -0.2) is 9.78 Å². The second kappa shape index (κ2) is 5.99. The Bertz CT molecular complexity index is 917. The zero-order valence-corrected chi connectivity index (χ0v) is 12.6. The topological polar surface area (TPSA) is 107 Å². The Hall–Kier alpha value is -3.42. The van der Waals surface area contributed by atoms with Gasteiger partial charge in [0.1, 0.15) is 11.4 Å². The lowest BCUT2D eigenvalue weighted by Gasteiger charge is -2.10. The molecule has 0 saturated carbocycles. The maximum absolute atomic E-state index is 10.8. The van der Waals surface area contributed by atoms with Crippen molar-refractivity contribution in [2.45, 2.75) is 13.0 Å². The van der Waals surface area contributed by atoms with Gasteiger partial charge in [-0.1, -0.05) is 0 Å². The number of benzene rings is 1. The largest absolute Gasteiger partial charge is 0.479 e. The molecule has 1 unspecified atom stereocenters. The van der Waals surface area contributed by atoms with E-state index in [0.29, 0.717) is 17.1 Å². The molecule has 1 N–H and O–H groups in total. The summed E-state index contributed by atoms with van der Waals surface area (Å²) in [4.78, 5) is 25.5. The molecule has 0 saturated heterocycles. The molecular weight excluding hydrogens is 314 g/mol. The molecule has 8 heteroatoms. The number of carbonyl (C=O) groups is 1. The van der Waals surface area contributed by atoms with E-state index < -0.39 is 17.0 Å². The molecule has 2 heterocycles. The minimum Gasteiger partial charge on any atom is -0.479 e. The van der Waals surface area contributed by atoms with E-state index in [1.807, 2.05) is 0 Å². The first-order chi connectivity index (χ1) is 11.4. The Labute approximate surface area is 136 Å². The average molecular weight is 327 g/mol. The molecule has 2 aromatic heterocycles. The number of aliphatic carboxylic acids is 1. The number of imidazole rings is 1. The number of nitrogens with zero attached hydrogens (tertiary/aromatic N) is 3. The molecule has 0 aliphatic rings. The molecule has 0 radical (unpaired) electrons. The van der Waals surface area contributed by atoms with Gasteiger partial charge in [-0.2, -0.15) is 0 Å². The number of aromatic nitrogens is 2. The predicted molar refractivity (Wildman–Crippen MR) is 85.0 cm³/mol. The monoisotopic (exact) mass is 327 g/mol. The van der Waals surface area contributed by atoms with Crippen LogP contribution >= 0.6 is 0 Å². The quantitative estimate of drug-likeness (QED) is 0.570. The van der Waals surface area contributed by atoms with Crippen molar-refractivity contribution in [3.05, 3.63) is 58.9 Å². The van der Waals surface area contributed by atoms with Gasteiger partial charge >= 0.3 is 5.97 Å². The van der Waals surface area contributed by atoms with Gasteiger partial charge in [0.15, 0.2) is 6.10 Å². The van der Waals surface area contributed by atoms with E-state index in [2.05, 4.69) is 4.98 Å². The summed E-state index contributed by atoms with van der Waals surface area (Å²) in [6.07, 6.45) is 2.15. The second-order valence-corrected chi connectivity index (χ2v) is 5.16. The number of carboxylic acids is 1. The van der Waals surface area contributed by atoms with E-state index in [1.54, 1.807) is 40.9 Å². The average Bonchev–Trinajstić information content (AvgIpc) is 2.98. The van der Waals surface area contributed by atoms with Crippen molar-refractivity contribution in [1.29, 1.82) is 0 Å². The van der Waals surface area contributed by atoms with Crippen LogP contribution in [0.5, 0.6) is 5.75 Å². The molecule has 24 heavy (non-hydrogen) atoms. The molecule has 0 bridgehead atoms. The number of rotatable bonds is 5. The number of carboxylic acid groups (broad SMARTS) is 1. The first-order valence-electron chi connectivity index (χ1n) is 7.07. The number of pyridine rings is 1. The minimum absolute atomic E-state index is 0.0159. The fourth-order valence-corrected chi connectivity index (χ4v) is 2.19. The lowest BCUT2D eigenvalue weighted by atomic mass is 10.1. The summed E-state index contributed by atoms with van der Waals surface area (Å²) < 4.78 is 6.86. The third kappa shape index (κ3) is 3.02. The summed E-state index contributed by atoms with van der Waals surface area (Å²) in [5.41, 5.74) is 2.01. The van der Waals surface area contributed by atoms with Crippen molar-refractivity contribution in [2.75, 3.05) is 0 Å². The SMILES string of the molecule is CC(Oc1ccc(-c2cn3cc([N+](=O)[O-])ccc3n2)cc1)C(=O)O. The normalized spacial score (nSPS) is 12.0. The maximum atomic E-state index is 10.8. The molecule has 0 aliphatic heterocycles. The summed E-state index contributed by atoms with van der Waals surface area (Å²) in [6.45, 7) is 1.45. The van der Waals surface area contributed by atoms with Gasteiger partial charge in [0, 0.05) is 17.8 Å². The standard InChI is InChI=1S/C16H13N3O5/c1-10(16(20)21)24-13-5-2-11(3-6-13)14-9-18-8-12(19(22)23)4-7-15(18)17-14/h2-10H,1H3,(H,20,21). The third-order valence-electron chi connectivity index (χ3n) is 3.46. The zero-order valence-electron chi connectivity index (χ0n) is 12.6. The Balaban J connectivity index is 1.87. The van der Waals surface area contributed by atoms with Crippen LogP contribution in [0.1, 0.15) is 6.92 Å². The van der Waals surface area contributed by atoms with Crippen LogP contribution in [-0.4, -0.2) is 31.5 Å². The smallest absolute Gasteiger partial charge is 0.344 e. The van der Waals surface area contributed by atoms with Gasteiger partial charge < -0.3 is 9.84 Å². The molecule has 1 aromatic carbocycles. The zero-order chi connectivity index (χ0) is 17.3. The molecular formula is C16H13N3O5. The molecule has 0 aliphatic carbocycles. The van der Waals surface area contributed by atoms with E-state index >= 15 is 0 Å². The van der Waals surface area contributed by atoms with Crippen molar-refractivity contribution in [1.82, 2.24) is 9.38 Å². The van der Waals surface area contributed by atoms with Gasteiger partial charge in [0.2, 0.25) is 0 Å². The van der Waals surface area contributed by atoms with Crippen molar-refractivity contribution < 1.29 is 19.6 Å². The summed E-state index contributed by atoms with van der Waals surface area (Å²) >= 11 is 0. The molecule has 3 rings (SSSR count). The molecule has 0 spiro atoms. The predicted octanol–water partition coefficient (Wildman–Crippen LogP) is 2.76. The summed E-state index contributed by atoms with van der Waals surface area (Å²) in [6, 6.07) is 9.78. The molecule has 0 fully saturated rings. The van der Waals surface area contributed by atoms with Crippen molar-refractivity contribution >= 4 is 17.3 Å². The highest BCUT2D eigenvalue weighted by Gasteiger charge is 2.13. The molecule has 8 nitrogen and oxygen atoms in total. The first kappa shape index (κ1) is 15.5. The third-order valence-corrected chi connectivity index (χ3v) is 3.46. The fraction of sp³-hybridized carbons (Fsp3) is 0.125. The van der Waals surface area contributed by atoms with E-state index in [9.17, 15) is 14.9 Å². The number of hydrogen-bond acceptors (Lipinski definition) is 5. The van der Waals surface area contributed by atoms with Crippen LogP contribution in [0, 0.1) is 10.1 Å². The van der Waals surface area contributed by atoms with Gasteiger partial charge in [-0.3, -0.25) is 14.5 Å². The van der Waals surface area contributed by atoms with E-state index in [1.165, 1.54) is 19.2 Å². The fourth-order valence-electron chi connectivity index (χ4n) is 2.19. The molecule has 1 atom stereocenters. The Kier molecular flexibility index (Phi) is 3.87. The number of ether oxygens (including phenoxy) is 1. The molecule has 122 valence electrons.